The van der Waals surface area contributed by atoms with E-state index in [0.29, 0.717) is 0 Å². The zero-order chi connectivity index (χ0) is 10.0. The average Bonchev–Trinajstić information content (AvgIpc) is 2.47. The number of thiazole rings is 1. The molecule has 0 spiro atoms. The van der Waals surface area contributed by atoms with E-state index >= 15 is 0 Å². The number of aryl methyl sites for hydroxylation is 1. The zero-order valence-electron chi connectivity index (χ0n) is 8.45. The number of nitrogens with zero attached hydrogens (tertiary/aromatic N) is 1. The normalized spacial score (nSPS) is 28.7. The summed E-state index contributed by atoms with van der Waals surface area (Å²) in [6.07, 6.45) is 2.90. The third-order valence-electron chi connectivity index (χ3n) is 2.73. The lowest BCUT2D eigenvalue weighted by atomic mass is 9.89. The Morgan fingerprint density at radius 2 is 2.36 bits per heavy atom. The predicted molar refractivity (Wildman–Crippen MR) is 57.4 cm³/mol. The van der Waals surface area contributed by atoms with Gasteiger partial charge in [0.15, 0.2) is 0 Å². The summed E-state index contributed by atoms with van der Waals surface area (Å²) in [5, 5.41) is 3.18. The molecule has 3 nitrogen and oxygen atoms in total. The van der Waals surface area contributed by atoms with Crippen molar-refractivity contribution in [1.29, 1.82) is 0 Å². The van der Waals surface area contributed by atoms with Crippen molar-refractivity contribution in [3.8, 4) is 0 Å². The standard InChI is InChI=1S/C10H16N2OS/c1-8-12-9(7-14-8)10(11)3-2-5-13-6-4-10/h7H,2-6,11H2,1H3. The first-order chi connectivity index (χ1) is 6.71. The summed E-state index contributed by atoms with van der Waals surface area (Å²) in [6.45, 7) is 3.61. The largest absolute Gasteiger partial charge is 0.381 e. The van der Waals surface area contributed by atoms with Crippen LogP contribution in [0.15, 0.2) is 5.38 Å². The molecular formula is C10H16N2OS. The van der Waals surface area contributed by atoms with Crippen LogP contribution < -0.4 is 5.73 Å². The maximum absolute atomic E-state index is 6.36. The first-order valence-corrected chi connectivity index (χ1v) is 5.88. The maximum atomic E-state index is 6.36. The van der Waals surface area contributed by atoms with Gasteiger partial charge in [-0.3, -0.25) is 0 Å². The summed E-state index contributed by atoms with van der Waals surface area (Å²) < 4.78 is 5.41. The second kappa shape index (κ2) is 3.96. The van der Waals surface area contributed by atoms with Gasteiger partial charge in [0.1, 0.15) is 0 Å². The highest BCUT2D eigenvalue weighted by Crippen LogP contribution is 2.30. The molecule has 0 aliphatic carbocycles. The molecule has 1 fully saturated rings. The monoisotopic (exact) mass is 212 g/mol. The van der Waals surface area contributed by atoms with Crippen LogP contribution in [0.25, 0.3) is 0 Å². The quantitative estimate of drug-likeness (QED) is 0.772. The molecule has 0 amide bonds. The lowest BCUT2D eigenvalue weighted by Crippen LogP contribution is -2.37. The van der Waals surface area contributed by atoms with Crippen molar-refractivity contribution in [3.05, 3.63) is 16.1 Å². The Balaban J connectivity index is 2.20. The van der Waals surface area contributed by atoms with Gasteiger partial charge in [0.25, 0.3) is 0 Å². The lowest BCUT2D eigenvalue weighted by molar-refractivity contribution is 0.139. The smallest absolute Gasteiger partial charge is 0.0898 e. The molecule has 0 radical (unpaired) electrons. The number of hydrogen-bond acceptors (Lipinski definition) is 4. The van der Waals surface area contributed by atoms with Crippen LogP contribution in [-0.2, 0) is 10.3 Å². The van der Waals surface area contributed by atoms with Gasteiger partial charge in [0.05, 0.1) is 16.2 Å². The van der Waals surface area contributed by atoms with Crippen LogP contribution in [0.4, 0.5) is 0 Å². The van der Waals surface area contributed by atoms with Gasteiger partial charge in [-0.05, 0) is 26.2 Å². The summed E-state index contributed by atoms with van der Waals surface area (Å²) in [7, 11) is 0. The average molecular weight is 212 g/mol. The van der Waals surface area contributed by atoms with E-state index in [1.54, 1.807) is 11.3 Å². The number of ether oxygens (including phenoxy) is 1. The molecule has 14 heavy (non-hydrogen) atoms. The molecule has 1 saturated heterocycles. The highest BCUT2D eigenvalue weighted by molar-refractivity contribution is 7.09. The lowest BCUT2D eigenvalue weighted by Gasteiger charge is -2.25. The Hall–Kier alpha value is -0.450. The van der Waals surface area contributed by atoms with E-state index in [4.69, 9.17) is 10.5 Å². The topological polar surface area (TPSA) is 48.1 Å². The fourth-order valence-electron chi connectivity index (χ4n) is 1.82. The van der Waals surface area contributed by atoms with Gasteiger partial charge in [-0.15, -0.1) is 11.3 Å². The van der Waals surface area contributed by atoms with Crippen molar-refractivity contribution >= 4 is 11.3 Å². The van der Waals surface area contributed by atoms with E-state index < -0.39 is 0 Å². The molecule has 78 valence electrons. The molecule has 2 heterocycles. The van der Waals surface area contributed by atoms with Crippen LogP contribution in [-0.4, -0.2) is 18.2 Å². The Labute approximate surface area is 88.3 Å². The second-order valence-corrected chi connectivity index (χ2v) is 4.94. The Kier molecular flexibility index (Phi) is 2.85. The van der Waals surface area contributed by atoms with Gasteiger partial charge < -0.3 is 10.5 Å². The predicted octanol–water partition coefficient (Wildman–Crippen LogP) is 1.81. The fourth-order valence-corrected chi connectivity index (χ4v) is 2.54. The summed E-state index contributed by atoms with van der Waals surface area (Å²) in [5.41, 5.74) is 7.16. The van der Waals surface area contributed by atoms with E-state index in [-0.39, 0.29) is 5.54 Å². The minimum Gasteiger partial charge on any atom is -0.381 e. The van der Waals surface area contributed by atoms with E-state index in [9.17, 15) is 0 Å². The third kappa shape index (κ3) is 1.97. The maximum Gasteiger partial charge on any atom is 0.0898 e. The molecule has 0 bridgehead atoms. The minimum atomic E-state index is -0.249. The van der Waals surface area contributed by atoms with Crippen molar-refractivity contribution in [2.24, 2.45) is 5.73 Å². The summed E-state index contributed by atoms with van der Waals surface area (Å²) in [6, 6.07) is 0. The van der Waals surface area contributed by atoms with Crippen LogP contribution >= 0.6 is 11.3 Å². The third-order valence-corrected chi connectivity index (χ3v) is 3.51. The van der Waals surface area contributed by atoms with Crippen molar-refractivity contribution in [1.82, 2.24) is 4.98 Å². The van der Waals surface area contributed by atoms with Gasteiger partial charge in [-0.1, -0.05) is 0 Å². The minimum absolute atomic E-state index is 0.249. The molecule has 1 aliphatic heterocycles. The van der Waals surface area contributed by atoms with Crippen molar-refractivity contribution < 1.29 is 4.74 Å². The fraction of sp³-hybridized carbons (Fsp3) is 0.700. The van der Waals surface area contributed by atoms with Crippen LogP contribution in [0, 0.1) is 6.92 Å². The van der Waals surface area contributed by atoms with E-state index in [1.807, 2.05) is 6.92 Å². The number of rotatable bonds is 1. The highest BCUT2D eigenvalue weighted by Gasteiger charge is 2.30. The van der Waals surface area contributed by atoms with E-state index in [2.05, 4.69) is 10.4 Å². The van der Waals surface area contributed by atoms with Crippen LogP contribution in [0.3, 0.4) is 0 Å². The van der Waals surface area contributed by atoms with Crippen molar-refractivity contribution in [3.63, 3.8) is 0 Å². The number of aromatic nitrogens is 1. The first-order valence-electron chi connectivity index (χ1n) is 5.00. The number of nitrogens with two attached hydrogens (primary N) is 1. The molecule has 1 atom stereocenters. The van der Waals surface area contributed by atoms with E-state index in [1.165, 1.54) is 0 Å². The highest BCUT2D eigenvalue weighted by atomic mass is 32.1. The number of hydrogen-bond donors (Lipinski definition) is 1. The Morgan fingerprint density at radius 1 is 1.50 bits per heavy atom. The second-order valence-electron chi connectivity index (χ2n) is 3.87. The molecule has 4 heteroatoms. The van der Waals surface area contributed by atoms with E-state index in [0.717, 1.165) is 43.2 Å². The molecule has 1 aromatic rings. The van der Waals surface area contributed by atoms with Crippen molar-refractivity contribution in [2.45, 2.75) is 31.7 Å². The first kappa shape index (κ1) is 10.1. The van der Waals surface area contributed by atoms with Gasteiger partial charge >= 0.3 is 0 Å². The van der Waals surface area contributed by atoms with Gasteiger partial charge in [-0.25, -0.2) is 4.98 Å². The van der Waals surface area contributed by atoms with Gasteiger partial charge in [0, 0.05) is 18.6 Å². The molecule has 2 rings (SSSR count). The van der Waals surface area contributed by atoms with Crippen LogP contribution in [0.1, 0.15) is 30.0 Å². The van der Waals surface area contributed by atoms with Gasteiger partial charge in [-0.2, -0.15) is 0 Å². The Morgan fingerprint density at radius 3 is 3.07 bits per heavy atom. The molecular weight excluding hydrogens is 196 g/mol. The molecule has 2 N–H and O–H groups in total. The summed E-state index contributed by atoms with van der Waals surface area (Å²) in [4.78, 5) is 4.49. The molecule has 1 aromatic heterocycles. The summed E-state index contributed by atoms with van der Waals surface area (Å²) >= 11 is 1.67. The Bertz CT molecular complexity index is 303. The van der Waals surface area contributed by atoms with Gasteiger partial charge in [0.2, 0.25) is 0 Å². The molecule has 1 aliphatic rings. The molecule has 0 aromatic carbocycles. The van der Waals surface area contributed by atoms with Crippen LogP contribution in [0.2, 0.25) is 0 Å². The zero-order valence-corrected chi connectivity index (χ0v) is 9.27. The SMILES string of the molecule is Cc1nc(C2(N)CCCOCC2)cs1. The van der Waals surface area contributed by atoms with Crippen LogP contribution in [0.5, 0.6) is 0 Å². The summed E-state index contributed by atoms with van der Waals surface area (Å²) in [5.74, 6) is 0. The molecule has 1 unspecified atom stereocenters. The van der Waals surface area contributed by atoms with Crippen molar-refractivity contribution in [2.75, 3.05) is 13.2 Å². The molecule has 0 saturated carbocycles.